The molecule has 1 aliphatic rings. The lowest BCUT2D eigenvalue weighted by molar-refractivity contribution is -0.119. The molecule has 3 amide bonds. The van der Waals surface area contributed by atoms with Gasteiger partial charge in [-0.25, -0.2) is 9.18 Å². The molecular weight excluding hydrogens is 321 g/mol. The van der Waals surface area contributed by atoms with Gasteiger partial charge in [0, 0.05) is 12.1 Å². The van der Waals surface area contributed by atoms with Crippen molar-refractivity contribution in [2.75, 3.05) is 6.54 Å². The lowest BCUT2D eigenvalue weighted by atomic mass is 9.96. The molecule has 138 valence electrons. The van der Waals surface area contributed by atoms with Crippen LogP contribution in [0.5, 0.6) is 0 Å². The van der Waals surface area contributed by atoms with Crippen molar-refractivity contribution < 1.29 is 14.0 Å². The van der Waals surface area contributed by atoms with Crippen LogP contribution >= 0.6 is 0 Å². The van der Waals surface area contributed by atoms with Crippen LogP contribution in [0.2, 0.25) is 0 Å². The van der Waals surface area contributed by atoms with Gasteiger partial charge in [-0.1, -0.05) is 45.2 Å². The maximum absolute atomic E-state index is 13.1. The summed E-state index contributed by atoms with van der Waals surface area (Å²) < 4.78 is 13.1. The fourth-order valence-corrected chi connectivity index (χ4v) is 3.25. The molecule has 2 rings (SSSR count). The van der Waals surface area contributed by atoms with E-state index in [1.165, 1.54) is 18.6 Å². The molecule has 0 radical (unpaired) electrons. The average Bonchev–Trinajstić information content (AvgIpc) is 2.57. The smallest absolute Gasteiger partial charge is 0.321 e. The van der Waals surface area contributed by atoms with Crippen LogP contribution in [0.1, 0.15) is 57.6 Å². The van der Waals surface area contributed by atoms with Crippen LogP contribution in [0.15, 0.2) is 24.3 Å². The second-order valence-corrected chi connectivity index (χ2v) is 7.01. The van der Waals surface area contributed by atoms with Crippen molar-refractivity contribution in [2.24, 2.45) is 5.92 Å². The summed E-state index contributed by atoms with van der Waals surface area (Å²) in [5.74, 6) is -0.446. The zero-order valence-corrected chi connectivity index (χ0v) is 15.0. The van der Waals surface area contributed by atoms with Gasteiger partial charge in [0.25, 0.3) is 0 Å². The van der Waals surface area contributed by atoms with E-state index in [9.17, 15) is 14.0 Å². The van der Waals surface area contributed by atoms with Gasteiger partial charge in [0.1, 0.15) is 5.82 Å². The number of halogens is 1. The third-order valence-corrected chi connectivity index (χ3v) is 4.57. The molecule has 3 N–H and O–H groups in total. The van der Waals surface area contributed by atoms with Crippen LogP contribution in [-0.4, -0.2) is 24.5 Å². The lowest BCUT2D eigenvalue weighted by Gasteiger charge is -2.24. The maximum Gasteiger partial charge on any atom is 0.321 e. The molecule has 0 aliphatic heterocycles. The Balaban J connectivity index is 1.80. The molecule has 5 nitrogen and oxygen atoms in total. The second kappa shape index (κ2) is 9.51. The number of hydrogen-bond donors (Lipinski definition) is 3. The molecule has 1 atom stereocenters. The number of urea groups is 1. The van der Waals surface area contributed by atoms with E-state index in [2.05, 4.69) is 16.0 Å². The first-order chi connectivity index (χ1) is 12.0. The van der Waals surface area contributed by atoms with E-state index < -0.39 is 6.03 Å². The summed E-state index contributed by atoms with van der Waals surface area (Å²) in [4.78, 5) is 23.9. The fourth-order valence-electron chi connectivity index (χ4n) is 3.25. The number of carbonyl (C=O) groups is 2. The standard InChI is InChI=1S/C19H28FN3O2/c1-13(2)18(14-8-10-15(20)11-9-14)21-12-17(24)23-19(25)22-16-6-4-3-5-7-16/h8-11,13,16,18,21H,3-7,12H2,1-2H3,(H2,22,23,24,25)/t18-/m0/s1. The molecule has 0 aromatic heterocycles. The zero-order valence-electron chi connectivity index (χ0n) is 15.0. The second-order valence-electron chi connectivity index (χ2n) is 7.01. The van der Waals surface area contributed by atoms with Gasteiger partial charge in [-0.2, -0.15) is 0 Å². The highest BCUT2D eigenvalue weighted by molar-refractivity contribution is 5.95. The van der Waals surface area contributed by atoms with Crippen molar-refractivity contribution in [1.29, 1.82) is 0 Å². The van der Waals surface area contributed by atoms with Gasteiger partial charge in [-0.15, -0.1) is 0 Å². The van der Waals surface area contributed by atoms with Crippen molar-refractivity contribution in [3.63, 3.8) is 0 Å². The number of nitrogens with one attached hydrogen (secondary N) is 3. The number of benzene rings is 1. The first-order valence-corrected chi connectivity index (χ1v) is 9.05. The number of imide groups is 1. The van der Waals surface area contributed by atoms with Crippen molar-refractivity contribution in [1.82, 2.24) is 16.0 Å². The Morgan fingerprint density at radius 2 is 1.76 bits per heavy atom. The topological polar surface area (TPSA) is 70.2 Å². The number of carbonyl (C=O) groups excluding carboxylic acids is 2. The SMILES string of the molecule is CC(C)[C@H](NCC(=O)NC(=O)NC1CCCCC1)c1ccc(F)cc1. The number of hydrogen-bond acceptors (Lipinski definition) is 3. The summed E-state index contributed by atoms with van der Waals surface area (Å²) in [6, 6.07) is 5.88. The minimum atomic E-state index is -0.429. The predicted octanol–water partition coefficient (Wildman–Crippen LogP) is 3.27. The molecule has 0 spiro atoms. The third kappa shape index (κ3) is 6.46. The highest BCUT2D eigenvalue weighted by Crippen LogP contribution is 2.21. The molecule has 0 heterocycles. The van der Waals surface area contributed by atoms with Crippen molar-refractivity contribution >= 4 is 11.9 Å². The van der Waals surface area contributed by atoms with E-state index in [1.807, 2.05) is 13.8 Å². The molecule has 0 saturated heterocycles. The summed E-state index contributed by atoms with van der Waals surface area (Å²) in [5.41, 5.74) is 0.913. The molecule has 1 aromatic carbocycles. The summed E-state index contributed by atoms with van der Waals surface area (Å²) in [6.45, 7) is 4.07. The van der Waals surface area contributed by atoms with Crippen molar-refractivity contribution in [2.45, 2.75) is 58.0 Å². The van der Waals surface area contributed by atoms with Crippen molar-refractivity contribution in [3.05, 3.63) is 35.6 Å². The Kier molecular flexibility index (Phi) is 7.37. The molecule has 1 aliphatic carbocycles. The maximum atomic E-state index is 13.1. The lowest BCUT2D eigenvalue weighted by Crippen LogP contribution is -2.47. The van der Waals surface area contributed by atoms with E-state index in [0.29, 0.717) is 0 Å². The number of amides is 3. The van der Waals surface area contributed by atoms with E-state index >= 15 is 0 Å². The molecule has 1 saturated carbocycles. The fraction of sp³-hybridized carbons (Fsp3) is 0.579. The minimum absolute atomic E-state index is 0.0261. The molecule has 25 heavy (non-hydrogen) atoms. The highest BCUT2D eigenvalue weighted by atomic mass is 19.1. The van der Waals surface area contributed by atoms with Gasteiger partial charge in [0.2, 0.25) is 5.91 Å². The zero-order chi connectivity index (χ0) is 18.2. The quantitative estimate of drug-likeness (QED) is 0.738. The first-order valence-electron chi connectivity index (χ1n) is 9.05. The largest absolute Gasteiger partial charge is 0.335 e. The van der Waals surface area contributed by atoms with Crippen LogP contribution in [0.4, 0.5) is 9.18 Å². The minimum Gasteiger partial charge on any atom is -0.335 e. The van der Waals surface area contributed by atoms with Crippen LogP contribution in [-0.2, 0) is 4.79 Å². The van der Waals surface area contributed by atoms with Crippen LogP contribution < -0.4 is 16.0 Å². The van der Waals surface area contributed by atoms with Gasteiger partial charge < -0.3 is 10.6 Å². The normalized spacial score (nSPS) is 16.5. The van der Waals surface area contributed by atoms with Gasteiger partial charge in [-0.3, -0.25) is 10.1 Å². The van der Waals surface area contributed by atoms with E-state index in [1.54, 1.807) is 12.1 Å². The Morgan fingerprint density at radius 3 is 2.36 bits per heavy atom. The monoisotopic (exact) mass is 349 g/mol. The summed E-state index contributed by atoms with van der Waals surface area (Å²) in [7, 11) is 0. The third-order valence-electron chi connectivity index (χ3n) is 4.57. The molecule has 6 heteroatoms. The molecule has 0 bridgehead atoms. The van der Waals surface area contributed by atoms with Crippen LogP contribution in [0, 0.1) is 11.7 Å². The highest BCUT2D eigenvalue weighted by Gasteiger charge is 2.19. The van der Waals surface area contributed by atoms with E-state index in [4.69, 9.17) is 0 Å². The molecule has 1 aromatic rings. The van der Waals surface area contributed by atoms with E-state index in [0.717, 1.165) is 31.2 Å². The first kappa shape index (κ1) is 19.4. The van der Waals surface area contributed by atoms with Gasteiger partial charge in [0.15, 0.2) is 0 Å². The van der Waals surface area contributed by atoms with E-state index in [-0.39, 0.29) is 36.3 Å². The van der Waals surface area contributed by atoms with Gasteiger partial charge in [-0.05, 0) is 36.5 Å². The van der Waals surface area contributed by atoms with Gasteiger partial charge in [0.05, 0.1) is 6.54 Å². The summed E-state index contributed by atoms with van der Waals surface area (Å²) in [5, 5.41) is 8.38. The van der Waals surface area contributed by atoms with Crippen LogP contribution in [0.25, 0.3) is 0 Å². The molecule has 0 unspecified atom stereocenters. The van der Waals surface area contributed by atoms with Crippen molar-refractivity contribution in [3.8, 4) is 0 Å². The summed E-state index contributed by atoms with van der Waals surface area (Å²) in [6.07, 6.45) is 5.39. The number of rotatable bonds is 6. The molecule has 1 fully saturated rings. The Morgan fingerprint density at radius 1 is 1.12 bits per heavy atom. The van der Waals surface area contributed by atoms with Gasteiger partial charge >= 0.3 is 6.03 Å². The Labute approximate surface area is 148 Å². The Hall–Kier alpha value is -1.95. The summed E-state index contributed by atoms with van der Waals surface area (Å²) >= 11 is 0. The average molecular weight is 349 g/mol. The predicted molar refractivity (Wildman–Crippen MR) is 95.5 cm³/mol. The van der Waals surface area contributed by atoms with Crippen LogP contribution in [0.3, 0.4) is 0 Å². The Bertz CT molecular complexity index is 569. The molecular formula is C19H28FN3O2.